The van der Waals surface area contributed by atoms with E-state index in [1.165, 1.54) is 5.56 Å². The maximum atomic E-state index is 12.2. The van der Waals surface area contributed by atoms with Crippen LogP contribution in [0.25, 0.3) is 21.5 Å². The van der Waals surface area contributed by atoms with Crippen LogP contribution < -0.4 is 0 Å². The molecule has 28 heavy (non-hydrogen) atoms. The number of nitrogens with one attached hydrogen (secondary N) is 1. The fourth-order valence-corrected chi connectivity index (χ4v) is 3.97. The molecule has 0 saturated heterocycles. The zero-order valence-electron chi connectivity index (χ0n) is 15.9. The third kappa shape index (κ3) is 3.99. The highest BCUT2D eigenvalue weighted by molar-refractivity contribution is 7.13. The number of aromatic amines is 1. The van der Waals surface area contributed by atoms with Gasteiger partial charge in [0.2, 0.25) is 0 Å². The zero-order chi connectivity index (χ0) is 19.5. The van der Waals surface area contributed by atoms with Gasteiger partial charge in [0.15, 0.2) is 0 Å². The number of carbonyl (C=O) groups excluding carboxylic acids is 1. The summed E-state index contributed by atoms with van der Waals surface area (Å²) in [6, 6.07) is 16.4. The standard InChI is InChI=1S/C23H22N2O2S/c1-15(2)16-7-9-17(10-8-16)23-25-19(14-28-23)13-27-22(26)11-18-12-24-21-6-4-3-5-20(18)21/h3-10,12,14-15,24H,11,13H2,1-2H3. The molecule has 0 aliphatic rings. The second-order valence-electron chi connectivity index (χ2n) is 7.12. The first kappa shape index (κ1) is 18.4. The molecule has 0 radical (unpaired) electrons. The van der Waals surface area contributed by atoms with Crippen molar-refractivity contribution < 1.29 is 9.53 Å². The molecule has 4 nitrogen and oxygen atoms in total. The van der Waals surface area contributed by atoms with Crippen LogP contribution in [0.1, 0.15) is 36.6 Å². The van der Waals surface area contributed by atoms with Gasteiger partial charge in [-0.3, -0.25) is 4.79 Å². The topological polar surface area (TPSA) is 55.0 Å². The number of nitrogens with zero attached hydrogens (tertiary/aromatic N) is 1. The van der Waals surface area contributed by atoms with E-state index in [1.807, 2.05) is 35.8 Å². The van der Waals surface area contributed by atoms with Gasteiger partial charge >= 0.3 is 5.97 Å². The molecule has 0 amide bonds. The number of hydrogen-bond donors (Lipinski definition) is 1. The van der Waals surface area contributed by atoms with E-state index in [0.717, 1.165) is 32.7 Å². The van der Waals surface area contributed by atoms with Crippen molar-refractivity contribution in [3.05, 3.63) is 76.9 Å². The number of rotatable bonds is 6. The van der Waals surface area contributed by atoms with Gasteiger partial charge in [-0.15, -0.1) is 11.3 Å². The first-order valence-corrected chi connectivity index (χ1v) is 10.2. The number of esters is 1. The molecular formula is C23H22N2O2S. The first-order valence-electron chi connectivity index (χ1n) is 9.35. The minimum atomic E-state index is -0.249. The molecule has 1 N–H and O–H groups in total. The van der Waals surface area contributed by atoms with Crippen molar-refractivity contribution in [3.63, 3.8) is 0 Å². The summed E-state index contributed by atoms with van der Waals surface area (Å²) >= 11 is 1.57. The number of H-pyrrole nitrogens is 1. The summed E-state index contributed by atoms with van der Waals surface area (Å²) < 4.78 is 5.44. The third-order valence-corrected chi connectivity index (χ3v) is 5.71. The number of carbonyl (C=O) groups is 1. The predicted molar refractivity (Wildman–Crippen MR) is 113 cm³/mol. The highest BCUT2D eigenvalue weighted by Crippen LogP contribution is 2.26. The second kappa shape index (κ2) is 7.98. The van der Waals surface area contributed by atoms with Crippen LogP contribution in [0.4, 0.5) is 0 Å². The maximum Gasteiger partial charge on any atom is 0.310 e. The summed E-state index contributed by atoms with van der Waals surface area (Å²) in [6.45, 7) is 4.56. The number of aromatic nitrogens is 2. The highest BCUT2D eigenvalue weighted by Gasteiger charge is 2.12. The smallest absolute Gasteiger partial charge is 0.310 e. The molecule has 2 heterocycles. The Bertz CT molecular complexity index is 1090. The van der Waals surface area contributed by atoms with E-state index in [9.17, 15) is 4.79 Å². The van der Waals surface area contributed by atoms with E-state index in [2.05, 4.69) is 48.1 Å². The van der Waals surface area contributed by atoms with Gasteiger partial charge < -0.3 is 9.72 Å². The van der Waals surface area contributed by atoms with Gasteiger partial charge in [-0.2, -0.15) is 0 Å². The van der Waals surface area contributed by atoms with Crippen LogP contribution in [0.5, 0.6) is 0 Å². The Morgan fingerprint density at radius 1 is 1.14 bits per heavy atom. The van der Waals surface area contributed by atoms with Gasteiger partial charge in [0.1, 0.15) is 11.6 Å². The number of fused-ring (bicyclic) bond motifs is 1. The molecule has 0 spiro atoms. The van der Waals surface area contributed by atoms with Gasteiger partial charge in [0.25, 0.3) is 0 Å². The van der Waals surface area contributed by atoms with Crippen LogP contribution in [-0.2, 0) is 22.6 Å². The lowest BCUT2D eigenvalue weighted by molar-refractivity contribution is -0.144. The lowest BCUT2D eigenvalue weighted by Gasteiger charge is -2.05. The second-order valence-corrected chi connectivity index (χ2v) is 7.98. The summed E-state index contributed by atoms with van der Waals surface area (Å²) in [7, 11) is 0. The summed E-state index contributed by atoms with van der Waals surface area (Å²) in [5, 5.41) is 3.95. The van der Waals surface area contributed by atoms with Crippen LogP contribution in [-0.4, -0.2) is 15.9 Å². The number of ether oxygens (including phenoxy) is 1. The monoisotopic (exact) mass is 390 g/mol. The Morgan fingerprint density at radius 2 is 1.93 bits per heavy atom. The maximum absolute atomic E-state index is 12.2. The number of hydrogen-bond acceptors (Lipinski definition) is 4. The quantitative estimate of drug-likeness (QED) is 0.430. The average molecular weight is 391 g/mol. The predicted octanol–water partition coefficient (Wildman–Crippen LogP) is 5.70. The molecule has 0 unspecified atom stereocenters. The van der Waals surface area contributed by atoms with E-state index in [4.69, 9.17) is 4.74 Å². The van der Waals surface area contributed by atoms with Crippen LogP contribution >= 0.6 is 11.3 Å². The Balaban J connectivity index is 1.37. The van der Waals surface area contributed by atoms with Gasteiger partial charge in [0, 0.05) is 28.0 Å². The Morgan fingerprint density at radius 3 is 2.71 bits per heavy atom. The van der Waals surface area contributed by atoms with Crippen molar-refractivity contribution >= 4 is 28.2 Å². The Labute approximate surface area is 168 Å². The summed E-state index contributed by atoms with van der Waals surface area (Å²) in [5.41, 5.74) is 5.15. The lowest BCUT2D eigenvalue weighted by atomic mass is 10.0. The van der Waals surface area contributed by atoms with Crippen molar-refractivity contribution in [1.29, 1.82) is 0 Å². The summed E-state index contributed by atoms with van der Waals surface area (Å²) in [4.78, 5) is 20.0. The largest absolute Gasteiger partial charge is 0.459 e. The fraction of sp³-hybridized carbons (Fsp3) is 0.217. The van der Waals surface area contributed by atoms with Crippen molar-refractivity contribution in [2.24, 2.45) is 0 Å². The number of thiazole rings is 1. The van der Waals surface area contributed by atoms with E-state index in [-0.39, 0.29) is 19.0 Å². The molecule has 142 valence electrons. The number of benzene rings is 2. The zero-order valence-corrected chi connectivity index (χ0v) is 16.8. The molecule has 0 bridgehead atoms. The molecule has 0 atom stereocenters. The van der Waals surface area contributed by atoms with Crippen molar-refractivity contribution in [2.45, 2.75) is 32.8 Å². The highest BCUT2D eigenvalue weighted by atomic mass is 32.1. The van der Waals surface area contributed by atoms with Gasteiger partial charge in [-0.25, -0.2) is 4.98 Å². The van der Waals surface area contributed by atoms with Crippen molar-refractivity contribution in [1.82, 2.24) is 9.97 Å². The number of para-hydroxylation sites is 1. The molecule has 0 fully saturated rings. The van der Waals surface area contributed by atoms with Gasteiger partial charge in [0.05, 0.1) is 12.1 Å². The molecule has 2 aromatic carbocycles. The van der Waals surface area contributed by atoms with E-state index < -0.39 is 0 Å². The molecule has 0 saturated carbocycles. The van der Waals surface area contributed by atoms with E-state index in [0.29, 0.717) is 5.92 Å². The minimum Gasteiger partial charge on any atom is -0.459 e. The first-order chi connectivity index (χ1) is 13.6. The molecular weight excluding hydrogens is 368 g/mol. The Kier molecular flexibility index (Phi) is 5.26. The summed E-state index contributed by atoms with van der Waals surface area (Å²) in [6.07, 6.45) is 2.12. The molecule has 0 aliphatic carbocycles. The molecule has 0 aliphatic heterocycles. The fourth-order valence-electron chi connectivity index (χ4n) is 3.16. The van der Waals surface area contributed by atoms with Crippen molar-refractivity contribution in [2.75, 3.05) is 0 Å². The van der Waals surface area contributed by atoms with Crippen LogP contribution in [0.15, 0.2) is 60.1 Å². The minimum absolute atomic E-state index is 0.196. The molecule has 4 aromatic rings. The van der Waals surface area contributed by atoms with E-state index in [1.54, 1.807) is 11.3 Å². The van der Waals surface area contributed by atoms with Crippen molar-refractivity contribution in [3.8, 4) is 10.6 Å². The third-order valence-electron chi connectivity index (χ3n) is 4.77. The molecule has 4 rings (SSSR count). The molecule has 2 aromatic heterocycles. The van der Waals surface area contributed by atoms with Crippen LogP contribution in [0.3, 0.4) is 0 Å². The van der Waals surface area contributed by atoms with Gasteiger partial charge in [-0.05, 0) is 23.1 Å². The molecule has 5 heteroatoms. The van der Waals surface area contributed by atoms with Gasteiger partial charge in [-0.1, -0.05) is 56.3 Å². The lowest BCUT2D eigenvalue weighted by Crippen LogP contribution is -2.07. The van der Waals surface area contributed by atoms with E-state index >= 15 is 0 Å². The summed E-state index contributed by atoms with van der Waals surface area (Å²) in [5.74, 6) is 0.262. The van der Waals surface area contributed by atoms with Crippen LogP contribution in [0.2, 0.25) is 0 Å². The average Bonchev–Trinajstić information content (AvgIpc) is 3.34. The van der Waals surface area contributed by atoms with Crippen LogP contribution in [0, 0.1) is 0 Å². The normalized spacial score (nSPS) is 11.2. The Hall–Kier alpha value is -2.92. The SMILES string of the molecule is CC(C)c1ccc(-c2nc(COC(=O)Cc3c[nH]c4ccccc34)cs2)cc1.